The molecule has 6 nitrogen and oxygen atoms in total. The van der Waals surface area contributed by atoms with Gasteiger partial charge in [0.1, 0.15) is 29.6 Å². The van der Waals surface area contributed by atoms with E-state index in [1.807, 2.05) is 37.3 Å². The molecule has 0 spiro atoms. The van der Waals surface area contributed by atoms with Crippen molar-refractivity contribution >= 4 is 12.1 Å². The largest absolute Gasteiger partial charge is 0.487 e. The predicted molar refractivity (Wildman–Crippen MR) is 107 cm³/mol. The average Bonchev–Trinajstić information content (AvgIpc) is 3.12. The van der Waals surface area contributed by atoms with Gasteiger partial charge in [0.25, 0.3) is 0 Å². The molecule has 3 atom stereocenters. The minimum Gasteiger partial charge on any atom is -0.487 e. The Hall–Kier alpha value is -2.24. The lowest BCUT2D eigenvalue weighted by molar-refractivity contribution is -0.159. The molecular formula is C22H33NO5. The van der Waals surface area contributed by atoms with Gasteiger partial charge in [-0.3, -0.25) is 0 Å². The summed E-state index contributed by atoms with van der Waals surface area (Å²) in [5.41, 5.74) is -0.627. The first-order valence-corrected chi connectivity index (χ1v) is 10.1. The Labute approximate surface area is 167 Å². The molecule has 0 aliphatic heterocycles. The lowest BCUT2D eigenvalue weighted by Crippen LogP contribution is -2.46. The topological polar surface area (TPSA) is 73.9 Å². The fraction of sp³-hybridized carbons (Fsp3) is 0.636. The molecule has 2 rings (SSSR count). The number of hydrogen-bond donors (Lipinski definition) is 1. The van der Waals surface area contributed by atoms with E-state index in [1.165, 1.54) is 0 Å². The van der Waals surface area contributed by atoms with E-state index in [2.05, 4.69) is 5.32 Å². The van der Waals surface area contributed by atoms with Crippen LogP contribution in [0.5, 0.6) is 5.75 Å². The Morgan fingerprint density at radius 2 is 1.68 bits per heavy atom. The first kappa shape index (κ1) is 22.1. The highest BCUT2D eigenvalue weighted by Gasteiger charge is 2.35. The molecule has 1 fully saturated rings. The Morgan fingerprint density at radius 1 is 1.07 bits per heavy atom. The summed E-state index contributed by atoms with van der Waals surface area (Å²) in [5, 5.41) is 2.54. The first-order valence-electron chi connectivity index (χ1n) is 10.1. The monoisotopic (exact) mass is 391 g/mol. The Morgan fingerprint density at radius 3 is 2.25 bits per heavy atom. The van der Waals surface area contributed by atoms with Crippen LogP contribution in [0, 0.1) is 5.92 Å². The van der Waals surface area contributed by atoms with Crippen LogP contribution in [0.25, 0.3) is 0 Å². The molecule has 28 heavy (non-hydrogen) atoms. The van der Waals surface area contributed by atoms with E-state index in [9.17, 15) is 9.59 Å². The molecule has 1 N–H and O–H groups in total. The molecule has 0 radical (unpaired) electrons. The van der Waals surface area contributed by atoms with Crippen molar-refractivity contribution < 1.29 is 23.8 Å². The predicted octanol–water partition coefficient (Wildman–Crippen LogP) is 4.47. The van der Waals surface area contributed by atoms with Gasteiger partial charge in [0.15, 0.2) is 0 Å². The fourth-order valence-electron chi connectivity index (χ4n) is 3.42. The van der Waals surface area contributed by atoms with Crippen molar-refractivity contribution in [2.24, 2.45) is 5.92 Å². The summed E-state index contributed by atoms with van der Waals surface area (Å²) in [7, 11) is 0. The second-order valence-electron chi connectivity index (χ2n) is 8.45. The van der Waals surface area contributed by atoms with Gasteiger partial charge in [-0.25, -0.2) is 9.59 Å². The second kappa shape index (κ2) is 9.80. The Balaban J connectivity index is 1.99. The standard InChI is InChI=1S/C22H33NO5/c1-15(23-21(25)28-22(3,4)5)20(24)27-19(17-11-9-10-12-17)16(2)26-18-13-7-6-8-14-18/h6-8,13-17,19H,9-12H2,1-5H3,(H,23,25)/t15-,16-,19-/m0/s1. The number of hydrogen-bond acceptors (Lipinski definition) is 5. The summed E-state index contributed by atoms with van der Waals surface area (Å²) in [6.07, 6.45) is 2.98. The van der Waals surface area contributed by atoms with Crippen molar-refractivity contribution in [1.82, 2.24) is 5.32 Å². The van der Waals surface area contributed by atoms with Gasteiger partial charge >= 0.3 is 12.1 Å². The zero-order chi connectivity index (χ0) is 20.7. The van der Waals surface area contributed by atoms with Crippen LogP contribution in [0.15, 0.2) is 30.3 Å². The van der Waals surface area contributed by atoms with Gasteiger partial charge in [0, 0.05) is 0 Å². The molecule has 0 heterocycles. The number of nitrogens with one attached hydrogen (secondary N) is 1. The first-order chi connectivity index (χ1) is 13.2. The number of alkyl carbamates (subject to hydrolysis) is 1. The fourth-order valence-corrected chi connectivity index (χ4v) is 3.42. The summed E-state index contributed by atoms with van der Waals surface area (Å²) >= 11 is 0. The van der Waals surface area contributed by atoms with Gasteiger partial charge in [-0.2, -0.15) is 0 Å². The van der Waals surface area contributed by atoms with Gasteiger partial charge < -0.3 is 19.5 Å². The normalized spacial score (nSPS) is 18.0. The molecule has 1 aromatic rings. The van der Waals surface area contributed by atoms with Crippen LogP contribution in [-0.4, -0.2) is 35.9 Å². The van der Waals surface area contributed by atoms with Gasteiger partial charge in [0.2, 0.25) is 0 Å². The number of carbonyl (C=O) groups excluding carboxylic acids is 2. The van der Waals surface area contributed by atoms with Crippen LogP contribution < -0.4 is 10.1 Å². The van der Waals surface area contributed by atoms with Crippen LogP contribution in [-0.2, 0) is 14.3 Å². The van der Waals surface area contributed by atoms with E-state index < -0.39 is 23.7 Å². The number of carbonyl (C=O) groups is 2. The smallest absolute Gasteiger partial charge is 0.408 e. The van der Waals surface area contributed by atoms with Crippen LogP contribution in [0.3, 0.4) is 0 Å². The molecule has 0 saturated heterocycles. The van der Waals surface area contributed by atoms with Gasteiger partial charge in [-0.15, -0.1) is 0 Å². The van der Waals surface area contributed by atoms with Crippen molar-refractivity contribution in [3.05, 3.63) is 30.3 Å². The van der Waals surface area contributed by atoms with Crippen LogP contribution in [0.2, 0.25) is 0 Å². The van der Waals surface area contributed by atoms with Crippen LogP contribution in [0.1, 0.15) is 60.3 Å². The van der Waals surface area contributed by atoms with Crippen molar-refractivity contribution in [2.75, 3.05) is 0 Å². The minimum absolute atomic E-state index is 0.261. The molecule has 1 amide bonds. The van der Waals surface area contributed by atoms with E-state index in [0.29, 0.717) is 0 Å². The zero-order valence-electron chi connectivity index (χ0n) is 17.6. The van der Waals surface area contributed by atoms with Crippen molar-refractivity contribution in [2.45, 2.75) is 84.2 Å². The maximum absolute atomic E-state index is 12.6. The van der Waals surface area contributed by atoms with E-state index in [1.54, 1.807) is 27.7 Å². The highest BCUT2D eigenvalue weighted by molar-refractivity contribution is 5.81. The number of benzene rings is 1. The third-order valence-electron chi connectivity index (χ3n) is 4.73. The summed E-state index contributed by atoms with van der Waals surface area (Å²) in [6, 6.07) is 8.71. The van der Waals surface area contributed by atoms with E-state index in [-0.39, 0.29) is 18.1 Å². The molecule has 0 aromatic heterocycles. The van der Waals surface area contributed by atoms with Crippen molar-refractivity contribution in [3.8, 4) is 5.75 Å². The molecule has 0 bridgehead atoms. The number of rotatable bonds is 7. The molecule has 1 aliphatic carbocycles. The average molecular weight is 392 g/mol. The molecule has 1 saturated carbocycles. The Kier molecular flexibility index (Phi) is 7.72. The van der Waals surface area contributed by atoms with Crippen LogP contribution >= 0.6 is 0 Å². The third-order valence-corrected chi connectivity index (χ3v) is 4.73. The summed E-state index contributed by atoms with van der Waals surface area (Å²) in [4.78, 5) is 24.5. The quantitative estimate of drug-likeness (QED) is 0.694. The number of amides is 1. The molecule has 156 valence electrons. The maximum Gasteiger partial charge on any atom is 0.408 e. The summed E-state index contributed by atoms with van der Waals surface area (Å²) in [5.74, 6) is 0.525. The molecule has 1 aromatic carbocycles. The molecule has 1 aliphatic rings. The number of para-hydroxylation sites is 1. The van der Waals surface area contributed by atoms with Crippen LogP contribution in [0.4, 0.5) is 4.79 Å². The molecular weight excluding hydrogens is 358 g/mol. The lowest BCUT2D eigenvalue weighted by atomic mass is 9.96. The number of ether oxygens (including phenoxy) is 3. The highest BCUT2D eigenvalue weighted by Crippen LogP contribution is 2.32. The van der Waals surface area contributed by atoms with Crippen molar-refractivity contribution in [1.29, 1.82) is 0 Å². The highest BCUT2D eigenvalue weighted by atomic mass is 16.6. The second-order valence-corrected chi connectivity index (χ2v) is 8.45. The Bertz CT molecular complexity index is 634. The number of esters is 1. The van der Waals surface area contributed by atoms with E-state index >= 15 is 0 Å². The van der Waals surface area contributed by atoms with Gasteiger partial charge in [0.05, 0.1) is 0 Å². The van der Waals surface area contributed by atoms with Gasteiger partial charge in [-0.05, 0) is 65.5 Å². The van der Waals surface area contributed by atoms with Gasteiger partial charge in [-0.1, -0.05) is 31.0 Å². The zero-order valence-corrected chi connectivity index (χ0v) is 17.6. The van der Waals surface area contributed by atoms with E-state index in [4.69, 9.17) is 14.2 Å². The summed E-state index contributed by atoms with van der Waals surface area (Å²) in [6.45, 7) is 8.84. The molecule has 6 heteroatoms. The molecule has 0 unspecified atom stereocenters. The van der Waals surface area contributed by atoms with E-state index in [0.717, 1.165) is 31.4 Å². The minimum atomic E-state index is -0.803. The third kappa shape index (κ3) is 7.06. The summed E-state index contributed by atoms with van der Waals surface area (Å²) < 4.78 is 17.1. The SMILES string of the molecule is C[C@H](NC(=O)OC(C)(C)C)C(=O)O[C@H](C1CCCC1)[C@H](C)Oc1ccccc1. The maximum atomic E-state index is 12.6. The lowest BCUT2D eigenvalue weighted by Gasteiger charge is -2.30. The van der Waals surface area contributed by atoms with Crippen molar-refractivity contribution in [3.63, 3.8) is 0 Å².